The maximum Gasteiger partial charge on any atom is 0.251 e. The molecular formula is C27H29NO4S. The van der Waals surface area contributed by atoms with Crippen LogP contribution in [-0.2, 0) is 21.9 Å². The topological polar surface area (TPSA) is 72.5 Å². The van der Waals surface area contributed by atoms with Crippen molar-refractivity contribution in [3.05, 3.63) is 95.1 Å². The molecule has 5 nitrogen and oxygen atoms in total. The summed E-state index contributed by atoms with van der Waals surface area (Å²) in [6.45, 7) is 6.94. The predicted molar refractivity (Wildman–Crippen MR) is 129 cm³/mol. The number of fused-ring (bicyclic) bond motifs is 1. The Bertz CT molecular complexity index is 1240. The molecule has 0 saturated heterocycles. The van der Waals surface area contributed by atoms with Gasteiger partial charge in [-0.3, -0.25) is 4.79 Å². The third kappa shape index (κ3) is 5.28. The van der Waals surface area contributed by atoms with Gasteiger partial charge in [-0.05, 0) is 58.9 Å². The maximum atomic E-state index is 12.8. The van der Waals surface area contributed by atoms with Gasteiger partial charge >= 0.3 is 0 Å². The van der Waals surface area contributed by atoms with Gasteiger partial charge in [0.15, 0.2) is 9.84 Å². The minimum Gasteiger partial charge on any atom is -0.489 e. The first-order valence-electron chi connectivity index (χ1n) is 11.1. The third-order valence-electron chi connectivity index (χ3n) is 5.95. The Balaban J connectivity index is 1.38. The van der Waals surface area contributed by atoms with Crippen LogP contribution in [0.2, 0.25) is 0 Å². The molecule has 1 N–H and O–H groups in total. The highest BCUT2D eigenvalue weighted by Crippen LogP contribution is 2.32. The molecule has 1 aliphatic rings. The molecule has 0 radical (unpaired) electrons. The second kappa shape index (κ2) is 9.02. The van der Waals surface area contributed by atoms with Crippen molar-refractivity contribution in [2.45, 2.75) is 50.2 Å². The van der Waals surface area contributed by atoms with Crippen molar-refractivity contribution in [1.29, 1.82) is 0 Å². The highest BCUT2D eigenvalue weighted by molar-refractivity contribution is 7.91. The summed E-state index contributed by atoms with van der Waals surface area (Å²) in [6, 6.07) is 21.9. The van der Waals surface area contributed by atoms with Crippen molar-refractivity contribution in [3.8, 4) is 5.75 Å². The van der Waals surface area contributed by atoms with Crippen LogP contribution in [0, 0.1) is 0 Å². The van der Waals surface area contributed by atoms with Gasteiger partial charge in [-0.1, -0.05) is 63.2 Å². The zero-order valence-corrected chi connectivity index (χ0v) is 20.0. The van der Waals surface area contributed by atoms with E-state index in [-0.39, 0.29) is 23.1 Å². The second-order valence-corrected chi connectivity index (χ2v) is 11.5. The van der Waals surface area contributed by atoms with E-state index >= 15 is 0 Å². The second-order valence-electron chi connectivity index (χ2n) is 9.43. The molecule has 6 heteroatoms. The smallest absolute Gasteiger partial charge is 0.251 e. The van der Waals surface area contributed by atoms with Crippen molar-refractivity contribution >= 4 is 15.7 Å². The quantitative estimate of drug-likeness (QED) is 0.564. The number of benzene rings is 3. The molecule has 3 aromatic rings. The summed E-state index contributed by atoms with van der Waals surface area (Å²) in [7, 11) is -3.29. The molecule has 0 aromatic heterocycles. The fraction of sp³-hybridized carbons (Fsp3) is 0.296. The SMILES string of the molecule is CC(C)(C)c1ccc(OCc2ccc(C(=O)NC3CCS(=O)(=O)c4ccccc43)cc2)cc1. The van der Waals surface area contributed by atoms with E-state index in [1.807, 2.05) is 24.3 Å². The molecule has 1 heterocycles. The van der Waals surface area contributed by atoms with Gasteiger partial charge in [0.1, 0.15) is 12.4 Å². The lowest BCUT2D eigenvalue weighted by atomic mass is 9.87. The van der Waals surface area contributed by atoms with Gasteiger partial charge in [-0.25, -0.2) is 8.42 Å². The molecule has 1 aliphatic heterocycles. The van der Waals surface area contributed by atoms with Crippen molar-refractivity contribution in [2.24, 2.45) is 0 Å². The first-order valence-corrected chi connectivity index (χ1v) is 12.7. The Morgan fingerprint density at radius 3 is 2.30 bits per heavy atom. The Kier molecular flexibility index (Phi) is 6.30. The van der Waals surface area contributed by atoms with Gasteiger partial charge in [-0.15, -0.1) is 0 Å². The van der Waals surface area contributed by atoms with Crippen LogP contribution in [-0.4, -0.2) is 20.1 Å². The van der Waals surface area contributed by atoms with Crippen LogP contribution in [0.5, 0.6) is 5.75 Å². The van der Waals surface area contributed by atoms with Crippen molar-refractivity contribution in [1.82, 2.24) is 5.32 Å². The third-order valence-corrected chi connectivity index (χ3v) is 7.77. The minimum absolute atomic E-state index is 0.0297. The van der Waals surface area contributed by atoms with E-state index in [0.29, 0.717) is 29.1 Å². The predicted octanol–water partition coefficient (Wildman–Crippen LogP) is 5.21. The molecular weight excluding hydrogens is 434 g/mol. The molecule has 33 heavy (non-hydrogen) atoms. The largest absolute Gasteiger partial charge is 0.489 e. The monoisotopic (exact) mass is 463 g/mol. The van der Waals surface area contributed by atoms with E-state index in [2.05, 4.69) is 38.2 Å². The summed E-state index contributed by atoms with van der Waals surface area (Å²) in [5.74, 6) is 0.609. The van der Waals surface area contributed by atoms with Gasteiger partial charge in [0.05, 0.1) is 16.7 Å². The van der Waals surface area contributed by atoms with Crippen LogP contribution in [0.1, 0.15) is 60.3 Å². The number of amides is 1. The Hall–Kier alpha value is -3.12. The van der Waals surface area contributed by atoms with E-state index < -0.39 is 9.84 Å². The number of hydrogen-bond acceptors (Lipinski definition) is 4. The molecule has 0 bridgehead atoms. The average molecular weight is 464 g/mol. The number of carbonyl (C=O) groups excluding carboxylic acids is 1. The Labute approximate surface area is 195 Å². The lowest BCUT2D eigenvalue weighted by molar-refractivity contribution is 0.0934. The summed E-state index contributed by atoms with van der Waals surface area (Å²) >= 11 is 0. The molecule has 1 unspecified atom stereocenters. The molecule has 1 amide bonds. The minimum atomic E-state index is -3.29. The number of nitrogens with one attached hydrogen (secondary N) is 1. The lowest BCUT2D eigenvalue weighted by Crippen LogP contribution is -2.33. The number of hydrogen-bond donors (Lipinski definition) is 1. The van der Waals surface area contributed by atoms with Gasteiger partial charge in [0, 0.05) is 5.56 Å². The van der Waals surface area contributed by atoms with Gasteiger partial charge in [0.25, 0.3) is 5.91 Å². The van der Waals surface area contributed by atoms with Crippen LogP contribution in [0.25, 0.3) is 0 Å². The summed E-state index contributed by atoms with van der Waals surface area (Å²) in [5, 5.41) is 2.99. The molecule has 0 saturated carbocycles. The normalized spacial score (nSPS) is 17.1. The van der Waals surface area contributed by atoms with E-state index in [4.69, 9.17) is 4.74 Å². The Morgan fingerprint density at radius 2 is 1.64 bits per heavy atom. The van der Waals surface area contributed by atoms with Gasteiger partial charge in [0.2, 0.25) is 0 Å². The standard InChI is InChI=1S/C27H29NO4S/c1-27(2,3)21-12-14-22(15-13-21)32-18-19-8-10-20(11-9-19)26(29)28-24-16-17-33(30,31)25-7-5-4-6-23(24)25/h4-15,24H,16-18H2,1-3H3,(H,28,29). The van der Waals surface area contributed by atoms with E-state index in [9.17, 15) is 13.2 Å². The molecule has 1 atom stereocenters. The number of sulfone groups is 1. The van der Waals surface area contributed by atoms with Crippen LogP contribution >= 0.6 is 0 Å². The van der Waals surface area contributed by atoms with Crippen molar-refractivity contribution < 1.29 is 17.9 Å². The summed E-state index contributed by atoms with van der Waals surface area (Å²) in [6.07, 6.45) is 0.366. The zero-order chi connectivity index (χ0) is 23.6. The zero-order valence-electron chi connectivity index (χ0n) is 19.2. The van der Waals surface area contributed by atoms with Gasteiger partial charge in [-0.2, -0.15) is 0 Å². The fourth-order valence-electron chi connectivity index (χ4n) is 3.95. The molecule has 0 fully saturated rings. The maximum absolute atomic E-state index is 12.8. The molecule has 0 aliphatic carbocycles. The van der Waals surface area contributed by atoms with E-state index in [1.165, 1.54) is 5.56 Å². The van der Waals surface area contributed by atoms with Gasteiger partial charge < -0.3 is 10.1 Å². The lowest BCUT2D eigenvalue weighted by Gasteiger charge is -2.26. The highest BCUT2D eigenvalue weighted by Gasteiger charge is 2.30. The highest BCUT2D eigenvalue weighted by atomic mass is 32.2. The fourth-order valence-corrected chi connectivity index (χ4v) is 5.57. The number of carbonyl (C=O) groups is 1. The molecule has 3 aromatic carbocycles. The van der Waals surface area contributed by atoms with Crippen molar-refractivity contribution in [2.75, 3.05) is 5.75 Å². The van der Waals surface area contributed by atoms with Crippen LogP contribution in [0.4, 0.5) is 0 Å². The molecule has 172 valence electrons. The number of rotatable bonds is 5. The van der Waals surface area contributed by atoms with Crippen LogP contribution in [0.3, 0.4) is 0 Å². The van der Waals surface area contributed by atoms with Crippen molar-refractivity contribution in [3.63, 3.8) is 0 Å². The van der Waals surface area contributed by atoms with Crippen LogP contribution in [0.15, 0.2) is 77.7 Å². The van der Waals surface area contributed by atoms with Crippen LogP contribution < -0.4 is 10.1 Å². The van der Waals surface area contributed by atoms with E-state index in [1.54, 1.807) is 36.4 Å². The summed E-state index contributed by atoms with van der Waals surface area (Å²) in [4.78, 5) is 13.1. The van der Waals surface area contributed by atoms with E-state index in [0.717, 1.165) is 11.3 Å². The Morgan fingerprint density at radius 1 is 0.970 bits per heavy atom. The summed E-state index contributed by atoms with van der Waals surface area (Å²) in [5.41, 5.74) is 3.49. The summed E-state index contributed by atoms with van der Waals surface area (Å²) < 4.78 is 30.5. The number of ether oxygens (including phenoxy) is 1. The first kappa shape index (κ1) is 23.1. The average Bonchev–Trinajstić information content (AvgIpc) is 2.80. The molecule has 0 spiro atoms. The first-order chi connectivity index (χ1) is 15.6. The molecule has 4 rings (SSSR count).